The second-order valence-electron chi connectivity index (χ2n) is 7.24. The Morgan fingerprint density at radius 3 is 2.80 bits per heavy atom. The summed E-state index contributed by atoms with van der Waals surface area (Å²) in [5.41, 5.74) is 5.65. The lowest BCUT2D eigenvalue weighted by molar-refractivity contribution is -0.125. The Morgan fingerprint density at radius 2 is 2.07 bits per heavy atom. The molecule has 30 heavy (non-hydrogen) atoms. The fourth-order valence-electron chi connectivity index (χ4n) is 3.88. The number of rotatable bonds is 4. The third-order valence-electron chi connectivity index (χ3n) is 5.39. The van der Waals surface area contributed by atoms with E-state index in [-0.39, 0.29) is 36.3 Å². The summed E-state index contributed by atoms with van der Waals surface area (Å²) in [4.78, 5) is 43.5. The van der Waals surface area contributed by atoms with Crippen LogP contribution in [0.2, 0.25) is 0 Å². The van der Waals surface area contributed by atoms with Crippen molar-refractivity contribution in [1.29, 1.82) is 0 Å². The fourth-order valence-corrected chi connectivity index (χ4v) is 3.88. The van der Waals surface area contributed by atoms with Crippen molar-refractivity contribution in [3.63, 3.8) is 0 Å². The molecule has 2 aliphatic heterocycles. The van der Waals surface area contributed by atoms with Crippen molar-refractivity contribution in [3.05, 3.63) is 53.3 Å². The van der Waals surface area contributed by atoms with E-state index in [1.165, 1.54) is 12.0 Å². The number of hydrogen-bond acceptors (Lipinski definition) is 7. The number of amides is 4. The van der Waals surface area contributed by atoms with Crippen LogP contribution in [-0.4, -0.2) is 41.4 Å². The van der Waals surface area contributed by atoms with Crippen molar-refractivity contribution in [2.24, 2.45) is 0 Å². The van der Waals surface area contributed by atoms with E-state index in [1.807, 2.05) is 0 Å². The molecule has 0 aliphatic carbocycles. The summed E-state index contributed by atoms with van der Waals surface area (Å²) < 4.78 is 11.0. The van der Waals surface area contributed by atoms with Crippen LogP contribution >= 0.6 is 0 Å². The molecule has 0 radical (unpaired) electrons. The van der Waals surface area contributed by atoms with Gasteiger partial charge in [0.15, 0.2) is 5.54 Å². The molecule has 4 amide bonds. The number of ether oxygens (including phenoxy) is 1. The Labute approximate surface area is 170 Å². The second-order valence-corrected chi connectivity index (χ2v) is 7.24. The summed E-state index contributed by atoms with van der Waals surface area (Å²) in [6, 6.07) is 9.49. The minimum Gasteiger partial charge on any atom is -0.497 e. The highest BCUT2D eigenvalue weighted by Gasteiger charge is 2.53. The van der Waals surface area contributed by atoms with Gasteiger partial charge in [-0.05, 0) is 35.9 Å². The number of benzene rings is 1. The van der Waals surface area contributed by atoms with Gasteiger partial charge >= 0.3 is 6.03 Å². The fraction of sp³-hybridized carbons (Fsp3) is 0.200. The van der Waals surface area contributed by atoms with Crippen LogP contribution in [0.3, 0.4) is 0 Å². The summed E-state index contributed by atoms with van der Waals surface area (Å²) in [5.74, 6) is 0.111. The Hall–Kier alpha value is -4.08. The summed E-state index contributed by atoms with van der Waals surface area (Å²) >= 11 is 0. The molecule has 1 saturated heterocycles. The minimum atomic E-state index is -1.59. The zero-order valence-electron chi connectivity index (χ0n) is 15.9. The number of nitrogens with one attached hydrogen (secondary N) is 2. The molecule has 0 spiro atoms. The van der Waals surface area contributed by atoms with Gasteiger partial charge in [0, 0.05) is 17.5 Å². The molecule has 4 N–H and O–H groups in total. The lowest BCUT2D eigenvalue weighted by Crippen LogP contribution is -2.52. The van der Waals surface area contributed by atoms with E-state index in [0.717, 1.165) is 5.56 Å². The Kier molecular flexibility index (Phi) is 3.72. The van der Waals surface area contributed by atoms with Gasteiger partial charge in [-0.1, -0.05) is 6.07 Å². The van der Waals surface area contributed by atoms with Crippen molar-refractivity contribution in [1.82, 2.24) is 20.5 Å². The van der Waals surface area contributed by atoms with Crippen LogP contribution in [0, 0.1) is 0 Å². The number of furan rings is 1. The molecule has 1 aromatic carbocycles. The van der Waals surface area contributed by atoms with Crippen molar-refractivity contribution in [2.45, 2.75) is 12.1 Å². The highest BCUT2D eigenvalue weighted by Crippen LogP contribution is 2.34. The van der Waals surface area contributed by atoms with E-state index >= 15 is 0 Å². The van der Waals surface area contributed by atoms with Gasteiger partial charge in [0.25, 0.3) is 11.8 Å². The first kappa shape index (κ1) is 18.0. The zero-order chi connectivity index (χ0) is 21.0. The predicted octanol–water partition coefficient (Wildman–Crippen LogP) is 1.11. The number of carbonyl (C=O) groups excluding carboxylic acids is 3. The molecule has 1 atom stereocenters. The summed E-state index contributed by atoms with van der Waals surface area (Å²) in [6.07, 6.45) is 0. The Bertz CT molecular complexity index is 1240. The van der Waals surface area contributed by atoms with E-state index in [9.17, 15) is 14.4 Å². The first-order valence-corrected chi connectivity index (χ1v) is 9.16. The molecule has 0 bridgehead atoms. The van der Waals surface area contributed by atoms with Crippen LogP contribution in [-0.2, 0) is 16.9 Å². The average Bonchev–Trinajstić information content (AvgIpc) is 3.36. The molecular formula is C20H17N5O5. The summed E-state index contributed by atoms with van der Waals surface area (Å²) in [7, 11) is 1.52. The molecule has 5 rings (SSSR count). The number of imide groups is 1. The lowest BCUT2D eigenvalue weighted by atomic mass is 9.95. The number of nitrogens with two attached hydrogens (primary N) is 1. The van der Waals surface area contributed by atoms with Crippen molar-refractivity contribution in [3.8, 4) is 5.75 Å². The summed E-state index contributed by atoms with van der Waals surface area (Å²) in [6.45, 7) is 0.171. The number of urea groups is 1. The van der Waals surface area contributed by atoms with Crippen LogP contribution in [0.15, 0.2) is 40.8 Å². The highest BCUT2D eigenvalue weighted by molar-refractivity contribution is 6.08. The van der Waals surface area contributed by atoms with Gasteiger partial charge in [-0.15, -0.1) is 0 Å². The third-order valence-corrected chi connectivity index (χ3v) is 5.39. The van der Waals surface area contributed by atoms with Gasteiger partial charge in [0.05, 0.1) is 13.7 Å². The van der Waals surface area contributed by atoms with Crippen LogP contribution in [0.25, 0.3) is 11.1 Å². The molecule has 10 nitrogen and oxygen atoms in total. The number of anilines is 1. The maximum Gasteiger partial charge on any atom is 0.322 e. The average molecular weight is 407 g/mol. The number of pyridine rings is 1. The lowest BCUT2D eigenvalue weighted by Gasteiger charge is -2.28. The van der Waals surface area contributed by atoms with E-state index in [0.29, 0.717) is 16.7 Å². The number of hydrogen-bond donors (Lipinski definition) is 3. The van der Waals surface area contributed by atoms with Crippen molar-refractivity contribution in [2.75, 3.05) is 19.4 Å². The van der Waals surface area contributed by atoms with Crippen molar-refractivity contribution < 1.29 is 23.5 Å². The quantitative estimate of drug-likeness (QED) is 0.550. The minimum absolute atomic E-state index is 0.115. The number of nitrogen functional groups attached to an aromatic ring is 1. The largest absolute Gasteiger partial charge is 0.497 e. The van der Waals surface area contributed by atoms with Crippen LogP contribution in [0.1, 0.15) is 21.7 Å². The maximum absolute atomic E-state index is 13.0. The standard InChI is InChI=1S/C20H17N5O5/c1-29-12-4-2-11-8-25(17(26)13(11)7-12)9-20(18(27)23-19(28)24-20)14-6-10-3-5-15(21)22-16(10)30-14/h2-7H,8-9H2,1H3,(H2,21,22)(H2,23,24,27,28). The first-order chi connectivity index (χ1) is 14.4. The summed E-state index contributed by atoms with van der Waals surface area (Å²) in [5, 5.41) is 5.49. The van der Waals surface area contributed by atoms with Gasteiger partial charge in [-0.25, -0.2) is 4.79 Å². The second kappa shape index (κ2) is 6.21. The monoisotopic (exact) mass is 407 g/mol. The number of nitrogens with zero attached hydrogens (tertiary/aromatic N) is 2. The Balaban J connectivity index is 1.55. The third kappa shape index (κ3) is 2.57. The van der Waals surface area contributed by atoms with Crippen LogP contribution in [0.4, 0.5) is 10.6 Å². The molecular weight excluding hydrogens is 390 g/mol. The van der Waals surface area contributed by atoms with Crippen LogP contribution in [0.5, 0.6) is 5.75 Å². The number of fused-ring (bicyclic) bond motifs is 2. The topological polar surface area (TPSA) is 140 Å². The zero-order valence-corrected chi connectivity index (χ0v) is 15.9. The maximum atomic E-state index is 13.0. The predicted molar refractivity (Wildman–Crippen MR) is 105 cm³/mol. The normalized spacial score (nSPS) is 20.4. The van der Waals surface area contributed by atoms with Gasteiger partial charge in [-0.3, -0.25) is 14.9 Å². The van der Waals surface area contributed by atoms with E-state index in [4.69, 9.17) is 14.9 Å². The van der Waals surface area contributed by atoms with Gasteiger partial charge < -0.3 is 25.1 Å². The molecule has 3 aromatic rings. The van der Waals surface area contributed by atoms with Gasteiger partial charge in [-0.2, -0.15) is 4.98 Å². The SMILES string of the molecule is COc1ccc2c(c1)C(=O)N(CC1(c3cc4ccc(N)nc4o3)NC(=O)NC1=O)C2. The molecule has 1 fully saturated rings. The number of carbonyl (C=O) groups is 3. The molecule has 1 unspecified atom stereocenters. The Morgan fingerprint density at radius 1 is 1.23 bits per heavy atom. The van der Waals surface area contributed by atoms with E-state index < -0.39 is 17.5 Å². The van der Waals surface area contributed by atoms with Crippen LogP contribution < -0.4 is 21.1 Å². The van der Waals surface area contributed by atoms with E-state index in [1.54, 1.807) is 36.4 Å². The van der Waals surface area contributed by atoms with Crippen molar-refractivity contribution >= 4 is 34.8 Å². The smallest absolute Gasteiger partial charge is 0.322 e. The highest BCUT2D eigenvalue weighted by atomic mass is 16.5. The number of aromatic nitrogens is 1. The molecule has 4 heterocycles. The van der Waals surface area contributed by atoms with E-state index in [2.05, 4.69) is 15.6 Å². The first-order valence-electron chi connectivity index (χ1n) is 9.16. The molecule has 0 saturated carbocycles. The number of methoxy groups -OCH3 is 1. The molecule has 2 aromatic heterocycles. The van der Waals surface area contributed by atoms with Gasteiger partial charge in [0.2, 0.25) is 5.71 Å². The van der Waals surface area contributed by atoms with Gasteiger partial charge in [0.1, 0.15) is 17.3 Å². The molecule has 2 aliphatic rings. The molecule has 152 valence electrons. The molecule has 10 heteroatoms.